The van der Waals surface area contributed by atoms with Gasteiger partial charge in [0.25, 0.3) is 0 Å². The molecule has 0 aromatic heterocycles. The lowest BCUT2D eigenvalue weighted by Crippen LogP contribution is -2.37. The van der Waals surface area contributed by atoms with Crippen LogP contribution >= 0.6 is 0 Å². The van der Waals surface area contributed by atoms with Crippen LogP contribution in [0, 0.1) is 11.3 Å². The summed E-state index contributed by atoms with van der Waals surface area (Å²) in [5.41, 5.74) is 5.97. The topological polar surface area (TPSA) is 63.3 Å². The predicted octanol–water partition coefficient (Wildman–Crippen LogP) is 1.22. The molecule has 1 rings (SSSR count). The molecule has 1 aliphatic carbocycles. The first-order valence-electron chi connectivity index (χ1n) is 4.46. The van der Waals surface area contributed by atoms with E-state index < -0.39 is 5.97 Å². The zero-order chi connectivity index (χ0) is 9.35. The van der Waals surface area contributed by atoms with E-state index >= 15 is 0 Å². The maximum atomic E-state index is 10.4. The van der Waals surface area contributed by atoms with Gasteiger partial charge in [-0.1, -0.05) is 13.8 Å². The number of carboxylic acid groups (broad SMARTS) is 1. The Morgan fingerprint density at radius 2 is 2.08 bits per heavy atom. The minimum Gasteiger partial charge on any atom is -0.481 e. The molecule has 0 saturated heterocycles. The van der Waals surface area contributed by atoms with Crippen molar-refractivity contribution in [3.8, 4) is 0 Å². The van der Waals surface area contributed by atoms with Gasteiger partial charge >= 0.3 is 5.97 Å². The Bertz CT molecular complexity index is 185. The molecule has 0 radical (unpaired) electrons. The Balaban J connectivity index is 2.51. The first-order valence-corrected chi connectivity index (χ1v) is 4.46. The molecular formula is C9H17NO2. The molecule has 3 N–H and O–H groups in total. The van der Waals surface area contributed by atoms with Gasteiger partial charge in [0, 0.05) is 6.04 Å². The molecule has 0 amide bonds. The SMILES string of the molecule is CC(C)C1(C(N)CC(=O)O)CC1. The minimum atomic E-state index is -0.783. The lowest BCUT2D eigenvalue weighted by atomic mass is 9.84. The smallest absolute Gasteiger partial charge is 0.304 e. The molecule has 1 fully saturated rings. The van der Waals surface area contributed by atoms with Gasteiger partial charge in [0.2, 0.25) is 0 Å². The summed E-state index contributed by atoms with van der Waals surface area (Å²) in [5.74, 6) is -0.277. The van der Waals surface area contributed by atoms with Crippen LogP contribution in [-0.2, 0) is 4.79 Å². The first-order chi connectivity index (χ1) is 5.49. The maximum Gasteiger partial charge on any atom is 0.304 e. The second kappa shape index (κ2) is 3.05. The van der Waals surface area contributed by atoms with Crippen LogP contribution in [0.15, 0.2) is 0 Å². The van der Waals surface area contributed by atoms with Gasteiger partial charge in [-0.3, -0.25) is 4.79 Å². The lowest BCUT2D eigenvalue weighted by Gasteiger charge is -2.25. The predicted molar refractivity (Wildman–Crippen MR) is 46.7 cm³/mol. The molecule has 12 heavy (non-hydrogen) atoms. The summed E-state index contributed by atoms with van der Waals surface area (Å²) in [5, 5.41) is 8.58. The molecule has 0 heterocycles. The van der Waals surface area contributed by atoms with Gasteiger partial charge < -0.3 is 10.8 Å². The average Bonchev–Trinajstić information content (AvgIpc) is 2.63. The van der Waals surface area contributed by atoms with Crippen molar-refractivity contribution < 1.29 is 9.90 Å². The van der Waals surface area contributed by atoms with Crippen molar-refractivity contribution in [1.82, 2.24) is 0 Å². The van der Waals surface area contributed by atoms with E-state index in [4.69, 9.17) is 10.8 Å². The number of nitrogens with two attached hydrogens (primary N) is 1. The van der Waals surface area contributed by atoms with Crippen LogP contribution < -0.4 is 5.73 Å². The summed E-state index contributed by atoms with van der Waals surface area (Å²) in [6, 6.07) is -0.157. The van der Waals surface area contributed by atoms with Crippen LogP contribution in [0.3, 0.4) is 0 Å². The van der Waals surface area contributed by atoms with E-state index in [1.54, 1.807) is 0 Å². The summed E-state index contributed by atoms with van der Waals surface area (Å²) >= 11 is 0. The molecule has 3 heteroatoms. The van der Waals surface area contributed by atoms with E-state index in [-0.39, 0.29) is 17.9 Å². The number of carboxylic acids is 1. The van der Waals surface area contributed by atoms with E-state index in [0.717, 1.165) is 12.8 Å². The van der Waals surface area contributed by atoms with Gasteiger partial charge in [-0.25, -0.2) is 0 Å². The monoisotopic (exact) mass is 171 g/mol. The highest BCUT2D eigenvalue weighted by Gasteiger charge is 2.50. The molecule has 1 unspecified atom stereocenters. The molecule has 0 aliphatic heterocycles. The standard InChI is InChI=1S/C9H17NO2/c1-6(2)9(3-4-9)7(10)5-8(11)12/h6-7H,3-5,10H2,1-2H3,(H,11,12). The van der Waals surface area contributed by atoms with Crippen LogP contribution in [0.2, 0.25) is 0 Å². The molecule has 0 spiro atoms. The minimum absolute atomic E-state index is 0.109. The highest BCUT2D eigenvalue weighted by molar-refractivity contribution is 5.67. The fourth-order valence-corrected chi connectivity index (χ4v) is 1.91. The van der Waals surface area contributed by atoms with Gasteiger partial charge in [0.15, 0.2) is 0 Å². The molecule has 0 bridgehead atoms. The largest absolute Gasteiger partial charge is 0.481 e. The normalized spacial score (nSPS) is 22.3. The second-order valence-electron chi connectivity index (χ2n) is 4.09. The molecule has 1 saturated carbocycles. The van der Waals surface area contributed by atoms with Gasteiger partial charge in [-0.05, 0) is 24.2 Å². The zero-order valence-corrected chi connectivity index (χ0v) is 7.71. The zero-order valence-electron chi connectivity index (χ0n) is 7.71. The van der Waals surface area contributed by atoms with Crippen molar-refractivity contribution in [2.24, 2.45) is 17.1 Å². The van der Waals surface area contributed by atoms with E-state index in [1.165, 1.54) is 0 Å². The Morgan fingerprint density at radius 3 is 2.33 bits per heavy atom. The third-order valence-corrected chi connectivity index (χ3v) is 3.11. The van der Waals surface area contributed by atoms with E-state index in [1.807, 2.05) is 0 Å². The third kappa shape index (κ3) is 1.61. The summed E-state index contributed by atoms with van der Waals surface area (Å²) in [7, 11) is 0. The van der Waals surface area contributed by atoms with Crippen molar-refractivity contribution >= 4 is 5.97 Å². The highest BCUT2D eigenvalue weighted by atomic mass is 16.4. The Kier molecular flexibility index (Phi) is 2.42. The average molecular weight is 171 g/mol. The van der Waals surface area contributed by atoms with Crippen LogP contribution in [0.5, 0.6) is 0 Å². The van der Waals surface area contributed by atoms with E-state index in [2.05, 4.69) is 13.8 Å². The number of rotatable bonds is 4. The van der Waals surface area contributed by atoms with Crippen molar-refractivity contribution in [3.05, 3.63) is 0 Å². The lowest BCUT2D eigenvalue weighted by molar-refractivity contribution is -0.137. The van der Waals surface area contributed by atoms with Gasteiger partial charge in [-0.2, -0.15) is 0 Å². The molecule has 0 aromatic carbocycles. The fourth-order valence-electron chi connectivity index (χ4n) is 1.91. The van der Waals surface area contributed by atoms with Crippen LogP contribution in [0.4, 0.5) is 0 Å². The molecule has 0 aromatic rings. The molecule has 1 atom stereocenters. The quantitative estimate of drug-likeness (QED) is 0.668. The molecular weight excluding hydrogens is 154 g/mol. The third-order valence-electron chi connectivity index (χ3n) is 3.11. The van der Waals surface area contributed by atoms with E-state index in [0.29, 0.717) is 5.92 Å². The number of hydrogen-bond donors (Lipinski definition) is 2. The van der Waals surface area contributed by atoms with Crippen molar-refractivity contribution in [2.75, 3.05) is 0 Å². The summed E-state index contributed by atoms with van der Waals surface area (Å²) < 4.78 is 0. The summed E-state index contributed by atoms with van der Waals surface area (Å²) in [6.45, 7) is 4.24. The summed E-state index contributed by atoms with van der Waals surface area (Å²) in [4.78, 5) is 10.4. The number of carbonyl (C=O) groups is 1. The highest BCUT2D eigenvalue weighted by Crippen LogP contribution is 2.54. The van der Waals surface area contributed by atoms with Gasteiger partial charge in [0.1, 0.15) is 0 Å². The van der Waals surface area contributed by atoms with Crippen molar-refractivity contribution in [1.29, 1.82) is 0 Å². The molecule has 70 valence electrons. The second-order valence-corrected chi connectivity index (χ2v) is 4.09. The molecule has 1 aliphatic rings. The fraction of sp³-hybridized carbons (Fsp3) is 0.889. The van der Waals surface area contributed by atoms with Gasteiger partial charge in [-0.15, -0.1) is 0 Å². The first kappa shape index (κ1) is 9.52. The number of hydrogen-bond acceptors (Lipinski definition) is 2. The number of aliphatic carboxylic acids is 1. The van der Waals surface area contributed by atoms with Crippen LogP contribution in [0.25, 0.3) is 0 Å². The van der Waals surface area contributed by atoms with Gasteiger partial charge in [0.05, 0.1) is 6.42 Å². The van der Waals surface area contributed by atoms with E-state index in [9.17, 15) is 4.79 Å². The Hall–Kier alpha value is -0.570. The maximum absolute atomic E-state index is 10.4. The van der Waals surface area contributed by atoms with Crippen LogP contribution in [0.1, 0.15) is 33.1 Å². The Labute approximate surface area is 72.9 Å². The summed E-state index contributed by atoms with van der Waals surface area (Å²) in [6.07, 6.45) is 2.30. The van der Waals surface area contributed by atoms with Crippen molar-refractivity contribution in [2.45, 2.75) is 39.2 Å². The van der Waals surface area contributed by atoms with Crippen LogP contribution in [-0.4, -0.2) is 17.1 Å². The molecule has 3 nitrogen and oxygen atoms in total. The van der Waals surface area contributed by atoms with Crippen molar-refractivity contribution in [3.63, 3.8) is 0 Å². The Morgan fingerprint density at radius 1 is 1.58 bits per heavy atom.